The maximum absolute atomic E-state index is 13.5. The predicted molar refractivity (Wildman–Crippen MR) is 108 cm³/mol. The summed E-state index contributed by atoms with van der Waals surface area (Å²) in [6.07, 6.45) is -0.703. The fraction of sp³-hybridized carbons (Fsp3) is 0.174. The topological polar surface area (TPSA) is 48.0 Å². The first-order chi connectivity index (χ1) is 14.6. The molecule has 2 aliphatic rings. The van der Waals surface area contributed by atoms with Gasteiger partial charge >= 0.3 is 0 Å². The summed E-state index contributed by atoms with van der Waals surface area (Å²) >= 11 is 5.93. The van der Waals surface area contributed by atoms with Gasteiger partial charge in [0.15, 0.2) is 11.5 Å². The van der Waals surface area contributed by atoms with Gasteiger partial charge < -0.3 is 19.1 Å². The average molecular weight is 426 g/mol. The Balaban J connectivity index is 1.41. The molecule has 0 saturated carbocycles. The first kappa shape index (κ1) is 18.8. The average Bonchev–Trinajstić information content (AvgIpc) is 3.23. The van der Waals surface area contributed by atoms with E-state index in [-0.39, 0.29) is 24.6 Å². The zero-order chi connectivity index (χ0) is 20.7. The lowest BCUT2D eigenvalue weighted by atomic mass is 9.89. The number of likely N-dealkylation sites (tertiary alicyclic amines) is 1. The van der Waals surface area contributed by atoms with Gasteiger partial charge in [-0.1, -0.05) is 29.8 Å². The number of rotatable bonds is 5. The van der Waals surface area contributed by atoms with E-state index in [2.05, 4.69) is 0 Å². The van der Waals surface area contributed by atoms with Crippen LogP contribution in [0.2, 0.25) is 5.02 Å². The number of hydrogen-bond donors (Lipinski definition) is 0. The molecule has 3 aromatic rings. The lowest BCUT2D eigenvalue weighted by molar-refractivity contribution is -0.165. The fourth-order valence-corrected chi connectivity index (χ4v) is 3.84. The van der Waals surface area contributed by atoms with E-state index in [0.717, 1.165) is 11.1 Å². The van der Waals surface area contributed by atoms with Gasteiger partial charge in [-0.15, -0.1) is 0 Å². The largest absolute Gasteiger partial charge is 0.478 e. The summed E-state index contributed by atoms with van der Waals surface area (Å²) in [5.74, 6) is 1.42. The van der Waals surface area contributed by atoms with Gasteiger partial charge in [-0.05, 0) is 59.7 Å². The molecule has 0 N–H and O–H groups in total. The molecular weight excluding hydrogens is 409 g/mol. The second-order valence-corrected chi connectivity index (χ2v) is 7.58. The van der Waals surface area contributed by atoms with Crippen LogP contribution in [0.4, 0.5) is 4.39 Å². The summed E-state index contributed by atoms with van der Waals surface area (Å²) in [5, 5.41) is 0.585. The second kappa shape index (κ2) is 7.54. The molecule has 0 bridgehead atoms. The van der Waals surface area contributed by atoms with Crippen molar-refractivity contribution < 1.29 is 23.4 Å². The molecule has 30 heavy (non-hydrogen) atoms. The van der Waals surface area contributed by atoms with Crippen LogP contribution in [0.3, 0.4) is 0 Å². The predicted octanol–water partition coefficient (Wildman–Crippen LogP) is 4.74. The molecule has 2 aliphatic heterocycles. The van der Waals surface area contributed by atoms with Crippen LogP contribution in [0, 0.1) is 5.82 Å². The first-order valence-corrected chi connectivity index (χ1v) is 9.83. The van der Waals surface area contributed by atoms with Crippen LogP contribution in [0.25, 0.3) is 0 Å². The van der Waals surface area contributed by atoms with Gasteiger partial charge in [-0.2, -0.15) is 0 Å². The molecular formula is C23H17ClFNO4. The smallest absolute Gasteiger partial charge is 0.267 e. The van der Waals surface area contributed by atoms with Gasteiger partial charge in [0.25, 0.3) is 5.91 Å². The van der Waals surface area contributed by atoms with Crippen molar-refractivity contribution in [2.24, 2.45) is 0 Å². The molecule has 1 saturated heterocycles. The highest BCUT2D eigenvalue weighted by Gasteiger charge is 2.50. The molecule has 1 fully saturated rings. The lowest BCUT2D eigenvalue weighted by Gasteiger charge is -2.46. The number of fused-ring (bicyclic) bond motifs is 1. The van der Waals surface area contributed by atoms with Crippen molar-refractivity contribution in [3.05, 3.63) is 88.7 Å². The van der Waals surface area contributed by atoms with Crippen LogP contribution in [-0.4, -0.2) is 23.7 Å². The second-order valence-electron chi connectivity index (χ2n) is 7.14. The quantitative estimate of drug-likeness (QED) is 0.554. The number of halogens is 2. The number of hydrogen-bond acceptors (Lipinski definition) is 4. The highest BCUT2D eigenvalue weighted by Crippen LogP contribution is 2.40. The van der Waals surface area contributed by atoms with E-state index in [1.165, 1.54) is 12.1 Å². The monoisotopic (exact) mass is 425 g/mol. The van der Waals surface area contributed by atoms with Gasteiger partial charge in [-0.25, -0.2) is 4.39 Å². The SMILES string of the molecule is O=C1[C@H](Oc2ccc(Cl)cc2)[C@@H](c2ccc(F)cc2)N1Cc1ccc2c(c1)OCO2. The molecule has 1 amide bonds. The van der Waals surface area contributed by atoms with Gasteiger partial charge in [0.2, 0.25) is 12.9 Å². The van der Waals surface area contributed by atoms with E-state index in [4.69, 9.17) is 25.8 Å². The van der Waals surface area contributed by atoms with Gasteiger partial charge in [0.05, 0.1) is 0 Å². The van der Waals surface area contributed by atoms with E-state index in [0.29, 0.717) is 28.8 Å². The summed E-state index contributed by atoms with van der Waals surface area (Å²) < 4.78 is 30.2. The van der Waals surface area contributed by atoms with Crippen molar-refractivity contribution >= 4 is 17.5 Å². The molecule has 3 aromatic carbocycles. The minimum atomic E-state index is -0.703. The molecule has 0 spiro atoms. The minimum absolute atomic E-state index is 0.142. The Morgan fingerprint density at radius 2 is 1.73 bits per heavy atom. The summed E-state index contributed by atoms with van der Waals surface area (Å²) in [6.45, 7) is 0.564. The summed E-state index contributed by atoms with van der Waals surface area (Å²) in [7, 11) is 0. The third-order valence-corrected chi connectivity index (χ3v) is 5.48. The van der Waals surface area contributed by atoms with Crippen LogP contribution in [0.1, 0.15) is 17.2 Å². The number of nitrogens with zero attached hydrogens (tertiary/aromatic N) is 1. The molecule has 5 rings (SSSR count). The van der Waals surface area contributed by atoms with Crippen LogP contribution in [0.5, 0.6) is 17.2 Å². The van der Waals surface area contributed by atoms with Crippen molar-refractivity contribution in [2.75, 3.05) is 6.79 Å². The number of amides is 1. The van der Waals surface area contributed by atoms with Gasteiger partial charge in [-0.3, -0.25) is 4.79 Å². The minimum Gasteiger partial charge on any atom is -0.478 e. The van der Waals surface area contributed by atoms with E-state index in [1.54, 1.807) is 41.3 Å². The molecule has 7 heteroatoms. The maximum atomic E-state index is 13.5. The lowest BCUT2D eigenvalue weighted by Crippen LogP contribution is -2.60. The number of carbonyl (C=O) groups excluding carboxylic acids is 1. The van der Waals surface area contributed by atoms with Crippen molar-refractivity contribution in [1.82, 2.24) is 4.90 Å². The molecule has 152 valence electrons. The normalized spacial score (nSPS) is 19.5. The Hall–Kier alpha value is -3.25. The van der Waals surface area contributed by atoms with Crippen LogP contribution in [0.15, 0.2) is 66.7 Å². The third-order valence-electron chi connectivity index (χ3n) is 5.23. The molecule has 0 aliphatic carbocycles. The zero-order valence-corrected chi connectivity index (χ0v) is 16.5. The van der Waals surface area contributed by atoms with Crippen LogP contribution in [-0.2, 0) is 11.3 Å². The standard InChI is InChI=1S/C23H17ClFNO4/c24-16-4-8-18(9-5-16)30-22-21(15-2-6-17(25)7-3-15)26(23(22)27)12-14-1-10-19-20(11-14)29-13-28-19/h1-11,21-22H,12-13H2/t21-,22-/m1/s1. The number of benzene rings is 3. The van der Waals surface area contributed by atoms with Gasteiger partial charge in [0.1, 0.15) is 17.6 Å². The molecule has 0 unspecified atom stereocenters. The number of carbonyl (C=O) groups is 1. The zero-order valence-electron chi connectivity index (χ0n) is 15.8. The first-order valence-electron chi connectivity index (χ1n) is 9.45. The van der Waals surface area contributed by atoms with E-state index >= 15 is 0 Å². The summed E-state index contributed by atoms with van der Waals surface area (Å²) in [4.78, 5) is 14.7. The highest BCUT2D eigenvalue weighted by atomic mass is 35.5. The van der Waals surface area contributed by atoms with E-state index < -0.39 is 6.10 Å². The summed E-state index contributed by atoms with van der Waals surface area (Å²) in [6, 6.07) is 18.2. The Labute approximate surface area is 177 Å². The molecule has 0 aromatic heterocycles. The molecule has 0 radical (unpaired) electrons. The Kier molecular flexibility index (Phi) is 4.71. The van der Waals surface area contributed by atoms with Gasteiger partial charge in [0, 0.05) is 11.6 Å². The van der Waals surface area contributed by atoms with E-state index in [9.17, 15) is 9.18 Å². The Morgan fingerprint density at radius 3 is 2.50 bits per heavy atom. The summed E-state index contributed by atoms with van der Waals surface area (Å²) in [5.41, 5.74) is 1.71. The molecule has 2 atom stereocenters. The Morgan fingerprint density at radius 1 is 1.00 bits per heavy atom. The number of β-lactam (4-membered cyclic amide) rings is 1. The third kappa shape index (κ3) is 3.44. The van der Waals surface area contributed by atoms with Crippen molar-refractivity contribution in [3.63, 3.8) is 0 Å². The van der Waals surface area contributed by atoms with Crippen molar-refractivity contribution in [2.45, 2.75) is 18.7 Å². The Bertz CT molecular complexity index is 1090. The highest BCUT2D eigenvalue weighted by molar-refractivity contribution is 6.30. The van der Waals surface area contributed by atoms with Crippen molar-refractivity contribution in [1.29, 1.82) is 0 Å². The molecule has 5 nitrogen and oxygen atoms in total. The van der Waals surface area contributed by atoms with Crippen molar-refractivity contribution in [3.8, 4) is 17.2 Å². The fourth-order valence-electron chi connectivity index (χ4n) is 3.72. The van der Waals surface area contributed by atoms with E-state index in [1.807, 2.05) is 18.2 Å². The van der Waals surface area contributed by atoms with Crippen LogP contribution >= 0.6 is 11.6 Å². The number of ether oxygens (including phenoxy) is 3. The molecule has 2 heterocycles. The van der Waals surface area contributed by atoms with Crippen LogP contribution < -0.4 is 14.2 Å². The maximum Gasteiger partial charge on any atom is 0.267 e.